The van der Waals surface area contributed by atoms with Crippen LogP contribution < -0.4 is 5.32 Å². The first-order valence-corrected chi connectivity index (χ1v) is 8.81. The van der Waals surface area contributed by atoms with Crippen molar-refractivity contribution in [3.8, 4) is 0 Å². The molecule has 1 aliphatic heterocycles. The van der Waals surface area contributed by atoms with Gasteiger partial charge >= 0.3 is 0 Å². The molecule has 0 aromatic heterocycles. The van der Waals surface area contributed by atoms with Crippen molar-refractivity contribution in [3.63, 3.8) is 0 Å². The molecule has 3 aromatic carbocycles. The Hall–Kier alpha value is -2.23. The molecule has 1 amide bonds. The first-order chi connectivity index (χ1) is 11.7. The van der Waals surface area contributed by atoms with Crippen molar-refractivity contribution in [1.82, 2.24) is 0 Å². The Morgan fingerprint density at radius 2 is 1.54 bits per heavy atom. The van der Waals surface area contributed by atoms with Crippen molar-refractivity contribution in [2.75, 3.05) is 5.32 Å². The van der Waals surface area contributed by atoms with Gasteiger partial charge in [-0.05, 0) is 35.9 Å². The molecule has 0 fully saturated rings. The van der Waals surface area contributed by atoms with E-state index in [4.69, 9.17) is 11.6 Å². The van der Waals surface area contributed by atoms with E-state index in [1.54, 1.807) is 17.8 Å². The summed E-state index contributed by atoms with van der Waals surface area (Å²) in [5.74, 6) is -0.0418. The number of carbonyl (C=O) groups is 1. The largest absolute Gasteiger partial charge is 0.324 e. The lowest BCUT2D eigenvalue weighted by Crippen LogP contribution is -2.32. The molecule has 0 aliphatic carbocycles. The van der Waals surface area contributed by atoms with Gasteiger partial charge in [-0.1, -0.05) is 71.9 Å². The Bertz CT molecular complexity index is 898. The molecule has 118 valence electrons. The van der Waals surface area contributed by atoms with E-state index < -0.39 is 4.75 Å². The first-order valence-electron chi connectivity index (χ1n) is 7.61. The second-order valence-corrected chi connectivity index (χ2v) is 7.33. The average Bonchev–Trinajstić information content (AvgIpc) is 2.89. The molecular weight excluding hydrogens is 338 g/mol. The lowest BCUT2D eigenvalue weighted by Gasteiger charge is -2.27. The zero-order valence-electron chi connectivity index (χ0n) is 12.7. The molecule has 24 heavy (non-hydrogen) atoms. The number of hydrogen-bond acceptors (Lipinski definition) is 2. The third-order valence-electron chi connectivity index (χ3n) is 4.12. The third kappa shape index (κ3) is 2.41. The van der Waals surface area contributed by atoms with Crippen molar-refractivity contribution >= 4 is 35.0 Å². The van der Waals surface area contributed by atoms with Crippen LogP contribution in [0.1, 0.15) is 11.1 Å². The van der Waals surface area contributed by atoms with Gasteiger partial charge in [0.15, 0.2) is 4.75 Å². The number of thioether (sulfide) groups is 1. The molecular formula is C20H14ClNOS. The Labute approximate surface area is 149 Å². The van der Waals surface area contributed by atoms with Crippen LogP contribution in [0.2, 0.25) is 5.02 Å². The van der Waals surface area contributed by atoms with E-state index in [1.807, 2.05) is 72.8 Å². The predicted octanol–water partition coefficient (Wildman–Crippen LogP) is 5.33. The van der Waals surface area contributed by atoms with Gasteiger partial charge in [-0.25, -0.2) is 0 Å². The van der Waals surface area contributed by atoms with Gasteiger partial charge in [0.25, 0.3) is 0 Å². The smallest absolute Gasteiger partial charge is 0.250 e. The van der Waals surface area contributed by atoms with E-state index in [9.17, 15) is 4.79 Å². The van der Waals surface area contributed by atoms with Crippen LogP contribution in [0.4, 0.5) is 5.69 Å². The monoisotopic (exact) mass is 351 g/mol. The number of benzene rings is 3. The van der Waals surface area contributed by atoms with Crippen LogP contribution in [0.15, 0.2) is 83.8 Å². The number of hydrogen-bond donors (Lipinski definition) is 1. The fraction of sp³-hybridized carbons (Fsp3) is 0.0500. The molecule has 0 bridgehead atoms. The first kappa shape index (κ1) is 15.3. The molecule has 0 radical (unpaired) electrons. The minimum absolute atomic E-state index is 0.0418. The third-order valence-corrected chi connectivity index (χ3v) is 5.81. The fourth-order valence-electron chi connectivity index (χ4n) is 3.03. The highest BCUT2D eigenvalue weighted by Crippen LogP contribution is 2.53. The van der Waals surface area contributed by atoms with Crippen LogP contribution in [0.3, 0.4) is 0 Å². The highest BCUT2D eigenvalue weighted by molar-refractivity contribution is 8.01. The van der Waals surface area contributed by atoms with E-state index >= 15 is 0 Å². The van der Waals surface area contributed by atoms with Gasteiger partial charge < -0.3 is 5.32 Å². The molecule has 0 saturated heterocycles. The predicted molar refractivity (Wildman–Crippen MR) is 99.6 cm³/mol. The van der Waals surface area contributed by atoms with Gasteiger partial charge in [-0.15, -0.1) is 0 Å². The van der Waals surface area contributed by atoms with E-state index in [0.29, 0.717) is 5.02 Å². The Morgan fingerprint density at radius 3 is 2.25 bits per heavy atom. The van der Waals surface area contributed by atoms with Crippen LogP contribution in [0.5, 0.6) is 0 Å². The average molecular weight is 352 g/mol. The zero-order valence-corrected chi connectivity index (χ0v) is 14.3. The molecule has 2 nitrogen and oxygen atoms in total. The van der Waals surface area contributed by atoms with Crippen LogP contribution in [0.25, 0.3) is 0 Å². The molecule has 4 heteroatoms. The summed E-state index contributed by atoms with van der Waals surface area (Å²) >= 11 is 7.78. The van der Waals surface area contributed by atoms with E-state index in [0.717, 1.165) is 21.7 Å². The van der Waals surface area contributed by atoms with Crippen LogP contribution >= 0.6 is 23.4 Å². The molecule has 1 heterocycles. The summed E-state index contributed by atoms with van der Waals surface area (Å²) in [4.78, 5) is 14.1. The van der Waals surface area contributed by atoms with Crippen molar-refractivity contribution in [1.29, 1.82) is 0 Å². The lowest BCUT2D eigenvalue weighted by atomic mass is 9.91. The summed E-state index contributed by atoms with van der Waals surface area (Å²) in [5, 5.41) is 3.64. The quantitative estimate of drug-likeness (QED) is 0.691. The second kappa shape index (κ2) is 6.00. The normalized spacial score (nSPS) is 19.0. The maximum Gasteiger partial charge on any atom is 0.250 e. The van der Waals surface area contributed by atoms with E-state index in [1.165, 1.54) is 0 Å². The lowest BCUT2D eigenvalue weighted by molar-refractivity contribution is -0.117. The number of carbonyl (C=O) groups excluding carboxylic acids is 1. The Morgan fingerprint density at radius 1 is 0.875 bits per heavy atom. The minimum Gasteiger partial charge on any atom is -0.324 e. The Balaban J connectivity index is 1.96. The molecule has 1 aliphatic rings. The fourth-order valence-corrected chi connectivity index (χ4v) is 4.53. The molecule has 1 N–H and O–H groups in total. The number of nitrogens with one attached hydrogen (secondary N) is 1. The molecule has 1 atom stereocenters. The number of rotatable bonds is 3. The van der Waals surface area contributed by atoms with Crippen LogP contribution in [-0.4, -0.2) is 5.91 Å². The maximum absolute atomic E-state index is 13.1. The van der Waals surface area contributed by atoms with Crippen LogP contribution in [-0.2, 0) is 9.54 Å². The van der Waals surface area contributed by atoms with Gasteiger partial charge in [0, 0.05) is 21.2 Å². The summed E-state index contributed by atoms with van der Waals surface area (Å²) < 4.78 is -0.844. The van der Waals surface area contributed by atoms with Gasteiger partial charge in [0.1, 0.15) is 0 Å². The topological polar surface area (TPSA) is 29.1 Å². The second-order valence-electron chi connectivity index (χ2n) is 5.61. The maximum atomic E-state index is 13.1. The summed E-state index contributed by atoms with van der Waals surface area (Å²) in [6, 6.07) is 25.4. The standard InChI is InChI=1S/C20H14ClNOS/c21-15-11-12-18-17(13-15)20(19(23)22-18,14-7-3-1-4-8-14)24-16-9-5-2-6-10-16/h1-13H,(H,22,23)/t20-/m1/s1. The van der Waals surface area contributed by atoms with Gasteiger partial charge in [-0.2, -0.15) is 0 Å². The number of amides is 1. The van der Waals surface area contributed by atoms with Gasteiger partial charge in [-0.3, -0.25) is 4.79 Å². The molecule has 0 saturated carbocycles. The van der Waals surface area contributed by atoms with E-state index in [-0.39, 0.29) is 5.91 Å². The summed E-state index contributed by atoms with van der Waals surface area (Å²) in [7, 11) is 0. The van der Waals surface area contributed by atoms with Gasteiger partial charge in [0.2, 0.25) is 5.91 Å². The van der Waals surface area contributed by atoms with E-state index in [2.05, 4.69) is 5.32 Å². The molecule has 0 spiro atoms. The number of halogens is 1. The highest BCUT2D eigenvalue weighted by atomic mass is 35.5. The molecule has 3 aromatic rings. The number of anilines is 1. The molecule has 0 unspecified atom stereocenters. The summed E-state index contributed by atoms with van der Waals surface area (Å²) in [6.07, 6.45) is 0. The summed E-state index contributed by atoms with van der Waals surface area (Å²) in [5.41, 5.74) is 2.66. The van der Waals surface area contributed by atoms with Crippen molar-refractivity contribution in [2.45, 2.75) is 9.64 Å². The highest BCUT2D eigenvalue weighted by Gasteiger charge is 2.49. The zero-order chi connectivity index (χ0) is 16.6. The van der Waals surface area contributed by atoms with Crippen LogP contribution in [0, 0.1) is 0 Å². The van der Waals surface area contributed by atoms with Crippen molar-refractivity contribution < 1.29 is 4.79 Å². The Kier molecular flexibility index (Phi) is 3.83. The summed E-state index contributed by atoms with van der Waals surface area (Å²) in [6.45, 7) is 0. The molecule has 4 rings (SSSR count). The van der Waals surface area contributed by atoms with Crippen molar-refractivity contribution in [3.05, 3.63) is 95.0 Å². The number of fused-ring (bicyclic) bond motifs is 1. The van der Waals surface area contributed by atoms with Gasteiger partial charge in [0.05, 0.1) is 0 Å². The van der Waals surface area contributed by atoms with Crippen molar-refractivity contribution in [2.24, 2.45) is 0 Å². The minimum atomic E-state index is -0.844. The SMILES string of the molecule is O=C1Nc2ccc(Cl)cc2[C@]1(Sc1ccccc1)c1ccccc1.